The van der Waals surface area contributed by atoms with E-state index >= 15 is 0 Å². The van der Waals surface area contributed by atoms with Crippen LogP contribution in [0.5, 0.6) is 5.88 Å². The number of rotatable bonds is 6. The van der Waals surface area contributed by atoms with Gasteiger partial charge in [-0.25, -0.2) is 4.98 Å². The second-order valence-electron chi connectivity index (χ2n) is 4.61. The molecule has 0 saturated heterocycles. The van der Waals surface area contributed by atoms with Gasteiger partial charge in [0.05, 0.1) is 35.5 Å². The molecular formula is C16H14Cl2N2O3S. The topological polar surface area (TPSA) is 68.3 Å². The van der Waals surface area contributed by atoms with Gasteiger partial charge in [-0.3, -0.25) is 9.00 Å². The van der Waals surface area contributed by atoms with Crippen LogP contribution in [0.1, 0.15) is 5.56 Å². The summed E-state index contributed by atoms with van der Waals surface area (Å²) in [4.78, 5) is 16.0. The van der Waals surface area contributed by atoms with E-state index in [2.05, 4.69) is 10.3 Å². The second kappa shape index (κ2) is 8.82. The highest BCUT2D eigenvalue weighted by Gasteiger charge is 2.17. The Bertz CT molecular complexity index is 765. The maximum Gasteiger partial charge on any atom is 0.269 e. The largest absolute Gasteiger partial charge is 0.481 e. The van der Waals surface area contributed by atoms with Crippen molar-refractivity contribution < 1.29 is 13.7 Å². The molecule has 8 heteroatoms. The van der Waals surface area contributed by atoms with Crippen LogP contribution in [0.4, 0.5) is 5.69 Å². The molecule has 1 aromatic carbocycles. The minimum Gasteiger partial charge on any atom is -0.481 e. The monoisotopic (exact) mass is 384 g/mol. The lowest BCUT2D eigenvalue weighted by atomic mass is 10.2. The van der Waals surface area contributed by atoms with Crippen molar-refractivity contribution in [3.8, 4) is 5.88 Å². The average Bonchev–Trinajstić information content (AvgIpc) is 2.61. The summed E-state index contributed by atoms with van der Waals surface area (Å²) in [6, 6.07) is 12.3. The minimum atomic E-state index is -1.61. The van der Waals surface area contributed by atoms with Crippen LogP contribution in [0.2, 0.25) is 0 Å². The Morgan fingerprint density at radius 3 is 2.50 bits per heavy atom. The summed E-state index contributed by atoms with van der Waals surface area (Å²) < 4.78 is 17.0. The highest BCUT2D eigenvalue weighted by atomic mass is 35.5. The van der Waals surface area contributed by atoms with E-state index in [9.17, 15) is 9.00 Å². The molecule has 5 nitrogen and oxygen atoms in total. The Kier molecular flexibility index (Phi) is 6.78. The van der Waals surface area contributed by atoms with Crippen LogP contribution < -0.4 is 10.1 Å². The number of hydrogen-bond acceptors (Lipinski definition) is 4. The number of methoxy groups -OCH3 is 1. The lowest BCUT2D eigenvalue weighted by Gasteiger charge is -2.07. The van der Waals surface area contributed by atoms with E-state index in [0.717, 1.165) is 5.56 Å². The first kappa shape index (κ1) is 18.4. The maximum atomic E-state index is 12.2. The predicted octanol–water partition coefficient (Wildman–Crippen LogP) is 3.62. The van der Waals surface area contributed by atoms with Crippen LogP contribution >= 0.6 is 23.2 Å². The van der Waals surface area contributed by atoms with Crippen LogP contribution in [-0.2, 0) is 21.3 Å². The Morgan fingerprint density at radius 2 is 1.92 bits per heavy atom. The SMILES string of the molecule is COc1ccc(NC(=O)/C(Cl)=C(/Cl)[S@](=O)Cc2ccccc2)cn1. The van der Waals surface area contributed by atoms with Crippen molar-refractivity contribution in [3.05, 3.63) is 63.6 Å². The number of carbonyl (C=O) groups excluding carboxylic acids is 1. The summed E-state index contributed by atoms with van der Waals surface area (Å²) in [6.07, 6.45) is 1.41. The van der Waals surface area contributed by atoms with Crippen LogP contribution in [-0.4, -0.2) is 22.2 Å². The molecule has 0 aliphatic rings. The standard InChI is InChI=1S/C16H14Cl2N2O3S/c1-23-13-8-7-12(9-19-13)20-16(21)14(17)15(18)24(22)10-11-5-3-2-4-6-11/h2-9H,10H2,1H3,(H,20,21)/b15-14+/t24-/m1/s1. The maximum absolute atomic E-state index is 12.2. The minimum absolute atomic E-state index is 0.174. The molecule has 1 N–H and O–H groups in total. The number of halogens is 2. The normalized spacial score (nSPS) is 13.0. The van der Waals surface area contributed by atoms with Gasteiger partial charge in [-0.15, -0.1) is 0 Å². The number of pyridine rings is 1. The summed E-state index contributed by atoms with van der Waals surface area (Å²) in [5.41, 5.74) is 1.25. The number of ether oxygens (including phenoxy) is 1. The lowest BCUT2D eigenvalue weighted by molar-refractivity contribution is -0.112. The molecule has 2 rings (SSSR count). The molecule has 1 amide bonds. The number of amides is 1. The van der Waals surface area contributed by atoms with Crippen molar-refractivity contribution in [2.75, 3.05) is 12.4 Å². The number of anilines is 1. The van der Waals surface area contributed by atoms with E-state index in [4.69, 9.17) is 27.9 Å². The van der Waals surface area contributed by atoms with Crippen molar-refractivity contribution in [3.63, 3.8) is 0 Å². The molecule has 0 fully saturated rings. The van der Waals surface area contributed by atoms with Crippen LogP contribution in [0.15, 0.2) is 58.1 Å². The third-order valence-corrected chi connectivity index (χ3v) is 5.39. The van der Waals surface area contributed by atoms with Gasteiger partial charge in [-0.2, -0.15) is 0 Å². The van der Waals surface area contributed by atoms with E-state index in [1.165, 1.54) is 13.3 Å². The molecule has 0 radical (unpaired) electrons. The fourth-order valence-corrected chi connectivity index (χ4v) is 3.21. The van der Waals surface area contributed by atoms with Gasteiger partial charge >= 0.3 is 0 Å². The van der Waals surface area contributed by atoms with Gasteiger partial charge in [0.25, 0.3) is 5.91 Å². The number of nitrogens with one attached hydrogen (secondary N) is 1. The van der Waals surface area contributed by atoms with E-state index in [1.54, 1.807) is 12.1 Å². The third-order valence-electron chi connectivity index (χ3n) is 2.92. The van der Waals surface area contributed by atoms with Gasteiger partial charge in [-0.1, -0.05) is 53.5 Å². The molecule has 0 spiro atoms. The van der Waals surface area contributed by atoms with Crippen molar-refractivity contribution in [2.45, 2.75) is 5.75 Å². The van der Waals surface area contributed by atoms with Crippen LogP contribution in [0.25, 0.3) is 0 Å². The molecule has 0 bridgehead atoms. The molecule has 1 heterocycles. The van der Waals surface area contributed by atoms with E-state index in [1.807, 2.05) is 30.3 Å². The van der Waals surface area contributed by atoms with Crippen LogP contribution in [0.3, 0.4) is 0 Å². The van der Waals surface area contributed by atoms with Crippen molar-refractivity contribution in [1.82, 2.24) is 4.98 Å². The van der Waals surface area contributed by atoms with Gasteiger partial charge in [0, 0.05) is 6.07 Å². The predicted molar refractivity (Wildman–Crippen MR) is 96.4 cm³/mol. The van der Waals surface area contributed by atoms with Gasteiger partial charge in [0.1, 0.15) is 9.40 Å². The fourth-order valence-electron chi connectivity index (χ4n) is 1.74. The lowest BCUT2D eigenvalue weighted by Crippen LogP contribution is -2.14. The Labute approximate surface area is 152 Å². The summed E-state index contributed by atoms with van der Waals surface area (Å²) >= 11 is 11.9. The molecule has 24 heavy (non-hydrogen) atoms. The molecule has 0 aliphatic heterocycles. The number of aromatic nitrogens is 1. The molecule has 0 saturated carbocycles. The van der Waals surface area contributed by atoms with E-state index in [-0.39, 0.29) is 15.1 Å². The zero-order valence-corrected chi connectivity index (χ0v) is 15.0. The van der Waals surface area contributed by atoms with Crippen molar-refractivity contribution in [2.24, 2.45) is 0 Å². The van der Waals surface area contributed by atoms with Crippen molar-refractivity contribution >= 4 is 45.6 Å². The molecule has 0 aliphatic carbocycles. The van der Waals surface area contributed by atoms with Gasteiger partial charge in [0.15, 0.2) is 0 Å². The first-order valence-electron chi connectivity index (χ1n) is 6.80. The van der Waals surface area contributed by atoms with Crippen molar-refractivity contribution in [1.29, 1.82) is 0 Å². The van der Waals surface area contributed by atoms with Crippen LogP contribution in [0, 0.1) is 0 Å². The highest BCUT2D eigenvalue weighted by Crippen LogP contribution is 2.22. The Hall–Kier alpha value is -1.89. The van der Waals surface area contributed by atoms with Gasteiger partial charge in [0.2, 0.25) is 5.88 Å². The van der Waals surface area contributed by atoms with Gasteiger partial charge < -0.3 is 10.1 Å². The molecule has 2 aromatic rings. The zero-order valence-electron chi connectivity index (χ0n) is 12.7. The number of hydrogen-bond donors (Lipinski definition) is 1. The number of benzene rings is 1. The molecule has 126 valence electrons. The second-order valence-corrected chi connectivity index (χ2v) is 6.97. The van der Waals surface area contributed by atoms with E-state index < -0.39 is 16.7 Å². The first-order valence-corrected chi connectivity index (χ1v) is 8.87. The number of carbonyl (C=O) groups is 1. The van der Waals surface area contributed by atoms with Gasteiger partial charge in [-0.05, 0) is 11.6 Å². The summed E-state index contributed by atoms with van der Waals surface area (Å²) in [7, 11) is -0.125. The third kappa shape index (κ3) is 5.06. The molecule has 1 atom stereocenters. The summed E-state index contributed by atoms with van der Waals surface area (Å²) in [6.45, 7) is 0. The Balaban J connectivity index is 2.06. The molecule has 0 unspecified atom stereocenters. The molecule has 1 aromatic heterocycles. The molecular weight excluding hydrogens is 371 g/mol. The summed E-state index contributed by atoms with van der Waals surface area (Å²) in [5, 5.41) is 2.21. The fraction of sp³-hybridized carbons (Fsp3) is 0.125. The van der Waals surface area contributed by atoms with E-state index in [0.29, 0.717) is 11.6 Å². The highest BCUT2D eigenvalue weighted by molar-refractivity contribution is 7.90. The smallest absolute Gasteiger partial charge is 0.269 e. The Morgan fingerprint density at radius 1 is 1.21 bits per heavy atom. The number of nitrogens with zero attached hydrogens (tertiary/aromatic N) is 1. The zero-order chi connectivity index (χ0) is 17.5. The first-order chi connectivity index (χ1) is 11.5. The average molecular weight is 385 g/mol. The quantitative estimate of drug-likeness (QED) is 0.772. The summed E-state index contributed by atoms with van der Waals surface area (Å²) in [5.74, 6) is -0.0699.